The van der Waals surface area contributed by atoms with Gasteiger partial charge in [-0.3, -0.25) is 10.1 Å². The zero-order valence-electron chi connectivity index (χ0n) is 10.1. The van der Waals surface area contributed by atoms with Crippen LogP contribution in [-0.4, -0.2) is 21.7 Å². The van der Waals surface area contributed by atoms with Crippen LogP contribution in [0.2, 0.25) is 0 Å². The molecule has 0 unspecified atom stereocenters. The fourth-order valence-corrected chi connectivity index (χ4v) is 1.47. The van der Waals surface area contributed by atoms with Crippen LogP contribution in [0, 0.1) is 21.3 Å². The molecule has 0 spiro atoms. The Labute approximate surface area is 103 Å². The molecule has 0 aliphatic rings. The van der Waals surface area contributed by atoms with Crippen LogP contribution < -0.4 is 5.73 Å². The molecule has 0 aliphatic heterocycles. The van der Waals surface area contributed by atoms with E-state index in [9.17, 15) is 24.7 Å². The summed E-state index contributed by atoms with van der Waals surface area (Å²) in [5, 5.41) is 29.4. The van der Waals surface area contributed by atoms with Crippen molar-refractivity contribution in [3.8, 4) is 5.75 Å². The van der Waals surface area contributed by atoms with E-state index in [-0.39, 0.29) is 12.2 Å². The van der Waals surface area contributed by atoms with Gasteiger partial charge in [0.1, 0.15) is 0 Å². The second kappa shape index (κ2) is 4.87. The zero-order chi connectivity index (χ0) is 14.1. The zero-order valence-corrected chi connectivity index (χ0v) is 10.1. The molecule has 0 fully saturated rings. The summed E-state index contributed by atoms with van der Waals surface area (Å²) in [4.78, 5) is 9.85. The highest BCUT2D eigenvalue weighted by atomic mass is 19.1. The maximum atomic E-state index is 13.4. The molecule has 6 nitrogen and oxygen atoms in total. The Morgan fingerprint density at radius 3 is 2.56 bits per heavy atom. The monoisotopic (exact) mass is 258 g/mol. The Balaban J connectivity index is 3.35. The number of halogens is 1. The molecule has 18 heavy (non-hydrogen) atoms. The van der Waals surface area contributed by atoms with Crippen LogP contribution in [0.5, 0.6) is 5.75 Å². The molecule has 0 amide bonds. The van der Waals surface area contributed by atoms with Gasteiger partial charge in [0.25, 0.3) is 5.69 Å². The largest absolute Gasteiger partial charge is 0.505 e. The minimum atomic E-state index is -1.11. The minimum Gasteiger partial charge on any atom is -0.505 e. The number of aliphatic hydroxyl groups is 1. The molecule has 0 heterocycles. The first kappa shape index (κ1) is 14.3. The Morgan fingerprint density at radius 1 is 1.56 bits per heavy atom. The number of nitrogens with two attached hydrogens (primary N) is 1. The van der Waals surface area contributed by atoms with Crippen molar-refractivity contribution in [2.45, 2.75) is 19.9 Å². The van der Waals surface area contributed by atoms with Crippen LogP contribution in [0.3, 0.4) is 0 Å². The first-order chi connectivity index (χ1) is 8.20. The van der Waals surface area contributed by atoms with Crippen LogP contribution in [0.4, 0.5) is 10.1 Å². The molecule has 0 bridgehead atoms. The summed E-state index contributed by atoms with van der Waals surface area (Å²) in [7, 11) is 0. The lowest BCUT2D eigenvalue weighted by atomic mass is 9.81. The second-order valence-electron chi connectivity index (χ2n) is 4.75. The average molecular weight is 258 g/mol. The van der Waals surface area contributed by atoms with Crippen molar-refractivity contribution < 1.29 is 19.5 Å². The summed E-state index contributed by atoms with van der Waals surface area (Å²) in [5.41, 5.74) is 4.37. The number of phenols is 1. The van der Waals surface area contributed by atoms with Crippen LogP contribution in [0.1, 0.15) is 25.5 Å². The van der Waals surface area contributed by atoms with Gasteiger partial charge >= 0.3 is 0 Å². The SMILES string of the molecule is CC(C)(CO)[C@H](N)c1cc([N+](=O)[O-])cc(F)c1O. The van der Waals surface area contributed by atoms with Gasteiger partial charge in [0.15, 0.2) is 11.6 Å². The van der Waals surface area contributed by atoms with E-state index < -0.39 is 33.6 Å². The van der Waals surface area contributed by atoms with Crippen molar-refractivity contribution in [3.05, 3.63) is 33.6 Å². The number of rotatable bonds is 4. The van der Waals surface area contributed by atoms with Gasteiger partial charge in [-0.25, -0.2) is 4.39 Å². The number of nitro groups is 1. The molecule has 1 aromatic carbocycles. The van der Waals surface area contributed by atoms with Gasteiger partial charge in [-0.1, -0.05) is 13.8 Å². The number of nitro benzene ring substituents is 1. The summed E-state index contributed by atoms with van der Waals surface area (Å²) >= 11 is 0. The number of non-ortho nitro benzene ring substituents is 1. The van der Waals surface area contributed by atoms with Gasteiger partial charge in [0, 0.05) is 29.7 Å². The first-order valence-corrected chi connectivity index (χ1v) is 5.24. The lowest BCUT2D eigenvalue weighted by Gasteiger charge is -2.30. The van der Waals surface area contributed by atoms with E-state index in [1.807, 2.05) is 0 Å². The van der Waals surface area contributed by atoms with Crippen LogP contribution in [-0.2, 0) is 0 Å². The number of aromatic hydroxyl groups is 1. The molecule has 0 saturated carbocycles. The minimum absolute atomic E-state index is 0.0965. The summed E-state index contributed by atoms with van der Waals surface area (Å²) in [6.45, 7) is 2.90. The van der Waals surface area contributed by atoms with Gasteiger partial charge in [-0.05, 0) is 0 Å². The smallest absolute Gasteiger partial charge is 0.272 e. The van der Waals surface area contributed by atoms with Crippen molar-refractivity contribution in [1.29, 1.82) is 0 Å². The summed E-state index contributed by atoms with van der Waals surface area (Å²) in [6, 6.07) is 0.703. The van der Waals surface area contributed by atoms with Gasteiger partial charge in [0.05, 0.1) is 11.0 Å². The molecule has 0 aromatic heterocycles. The molecule has 0 saturated heterocycles. The molecule has 1 rings (SSSR count). The average Bonchev–Trinajstić information content (AvgIpc) is 2.31. The summed E-state index contributed by atoms with van der Waals surface area (Å²) in [5.74, 6) is -1.84. The Morgan fingerprint density at radius 2 is 2.11 bits per heavy atom. The highest BCUT2D eigenvalue weighted by Gasteiger charge is 2.31. The van der Waals surface area contributed by atoms with E-state index in [4.69, 9.17) is 5.73 Å². The third-order valence-electron chi connectivity index (χ3n) is 2.87. The highest BCUT2D eigenvalue weighted by molar-refractivity contribution is 5.46. The Hall–Kier alpha value is -1.73. The van der Waals surface area contributed by atoms with Crippen molar-refractivity contribution in [2.24, 2.45) is 11.1 Å². The van der Waals surface area contributed by atoms with Crippen molar-refractivity contribution in [3.63, 3.8) is 0 Å². The molecule has 7 heteroatoms. The number of phenolic OH excluding ortho intramolecular Hbond substituents is 1. The van der Waals surface area contributed by atoms with Gasteiger partial charge in [0.2, 0.25) is 0 Å². The molecular weight excluding hydrogens is 243 g/mol. The molecule has 0 aliphatic carbocycles. The van der Waals surface area contributed by atoms with E-state index in [2.05, 4.69) is 0 Å². The maximum Gasteiger partial charge on any atom is 0.272 e. The van der Waals surface area contributed by atoms with E-state index in [0.29, 0.717) is 6.07 Å². The third-order valence-corrected chi connectivity index (χ3v) is 2.87. The second-order valence-corrected chi connectivity index (χ2v) is 4.75. The predicted octanol–water partition coefficient (Wildman–Crippen LogP) is 1.46. The number of aliphatic hydroxyl groups excluding tert-OH is 1. The Kier molecular flexibility index (Phi) is 3.88. The van der Waals surface area contributed by atoms with Crippen LogP contribution in [0.25, 0.3) is 0 Å². The normalized spacial score (nSPS) is 13.4. The molecule has 1 atom stereocenters. The lowest BCUT2D eigenvalue weighted by Crippen LogP contribution is -2.32. The molecular formula is C11H15FN2O4. The standard InChI is InChI=1S/C11H15FN2O4/c1-11(2,5-15)10(13)7-3-6(14(17)18)4-8(12)9(7)16/h3-4,10,15-16H,5,13H2,1-2H3/t10-/m1/s1. The highest BCUT2D eigenvalue weighted by Crippen LogP contribution is 2.38. The number of hydrogen-bond acceptors (Lipinski definition) is 5. The first-order valence-electron chi connectivity index (χ1n) is 5.24. The van der Waals surface area contributed by atoms with Gasteiger partial charge in [-0.2, -0.15) is 0 Å². The van der Waals surface area contributed by atoms with E-state index in [1.54, 1.807) is 13.8 Å². The molecule has 100 valence electrons. The van der Waals surface area contributed by atoms with Crippen molar-refractivity contribution in [2.75, 3.05) is 6.61 Å². The van der Waals surface area contributed by atoms with E-state index >= 15 is 0 Å². The topological polar surface area (TPSA) is 110 Å². The number of hydrogen-bond donors (Lipinski definition) is 3. The van der Waals surface area contributed by atoms with E-state index in [0.717, 1.165) is 6.07 Å². The maximum absolute atomic E-state index is 13.4. The number of nitrogens with zero attached hydrogens (tertiary/aromatic N) is 1. The van der Waals surface area contributed by atoms with Crippen molar-refractivity contribution in [1.82, 2.24) is 0 Å². The molecule has 1 aromatic rings. The van der Waals surface area contributed by atoms with E-state index in [1.165, 1.54) is 0 Å². The van der Waals surface area contributed by atoms with Crippen molar-refractivity contribution >= 4 is 5.69 Å². The quantitative estimate of drug-likeness (QED) is 0.559. The predicted molar refractivity (Wildman–Crippen MR) is 62.5 cm³/mol. The lowest BCUT2D eigenvalue weighted by molar-refractivity contribution is -0.385. The fraction of sp³-hybridized carbons (Fsp3) is 0.455. The van der Waals surface area contributed by atoms with Crippen LogP contribution >= 0.6 is 0 Å². The third kappa shape index (κ3) is 2.57. The summed E-state index contributed by atoms with van der Waals surface area (Å²) in [6.07, 6.45) is 0. The summed E-state index contributed by atoms with van der Waals surface area (Å²) < 4.78 is 13.4. The van der Waals surface area contributed by atoms with Gasteiger partial charge < -0.3 is 15.9 Å². The number of benzene rings is 1. The fourth-order valence-electron chi connectivity index (χ4n) is 1.47. The Bertz CT molecular complexity index is 476. The molecule has 0 radical (unpaired) electrons. The molecule has 4 N–H and O–H groups in total. The van der Waals surface area contributed by atoms with Gasteiger partial charge in [-0.15, -0.1) is 0 Å². The van der Waals surface area contributed by atoms with Crippen LogP contribution in [0.15, 0.2) is 12.1 Å².